The van der Waals surface area contributed by atoms with Crippen molar-refractivity contribution in [3.05, 3.63) is 54.5 Å². The summed E-state index contributed by atoms with van der Waals surface area (Å²) in [6, 6.07) is 11.3. The minimum atomic E-state index is -0.452. The zero-order chi connectivity index (χ0) is 15.5. The number of hydrogen-bond acceptors (Lipinski definition) is 5. The zero-order valence-electron chi connectivity index (χ0n) is 11.7. The van der Waals surface area contributed by atoms with Crippen LogP contribution < -0.4 is 19.5 Å². The predicted octanol–water partition coefficient (Wildman–Crippen LogP) is 2.65. The topological polar surface area (TPSA) is 77.0 Å². The highest BCUT2D eigenvalue weighted by Crippen LogP contribution is 2.35. The molecule has 0 radical (unpaired) electrons. The number of anilines is 1. The fourth-order valence-corrected chi connectivity index (χ4v) is 1.93. The highest BCUT2D eigenvalue weighted by atomic mass is 16.6. The summed E-state index contributed by atoms with van der Waals surface area (Å²) in [5.74, 6) is 0.954. The van der Waals surface area contributed by atoms with Crippen molar-refractivity contribution in [1.82, 2.24) is 0 Å². The van der Waals surface area contributed by atoms with Crippen molar-refractivity contribution in [2.75, 3.05) is 12.4 Å². The van der Waals surface area contributed by atoms with E-state index in [1.807, 2.05) is 0 Å². The molecule has 0 atom stereocenters. The van der Waals surface area contributed by atoms with Crippen LogP contribution in [-0.4, -0.2) is 18.1 Å². The number of phenols is 1. The van der Waals surface area contributed by atoms with Crippen LogP contribution in [0.1, 0.15) is 0 Å². The van der Waals surface area contributed by atoms with Gasteiger partial charge in [-0.2, -0.15) is 0 Å². The molecule has 0 unspecified atom stereocenters. The molecule has 22 heavy (non-hydrogen) atoms. The smallest absolute Gasteiger partial charge is 0.294 e. The van der Waals surface area contributed by atoms with Crippen molar-refractivity contribution in [3.8, 4) is 23.0 Å². The molecule has 0 bridgehead atoms. The zero-order valence-corrected chi connectivity index (χ0v) is 11.7. The van der Waals surface area contributed by atoms with Gasteiger partial charge in [0.1, 0.15) is 17.8 Å². The second-order valence-corrected chi connectivity index (χ2v) is 4.52. The van der Waals surface area contributed by atoms with Crippen LogP contribution in [0.3, 0.4) is 0 Å². The van der Waals surface area contributed by atoms with Crippen molar-refractivity contribution in [2.24, 2.45) is 0 Å². The van der Waals surface area contributed by atoms with E-state index in [0.717, 1.165) is 0 Å². The molecule has 0 saturated heterocycles. The highest BCUT2D eigenvalue weighted by Gasteiger charge is 2.20. The molecule has 2 aromatic rings. The molecule has 2 N–H and O–H groups in total. The number of methoxy groups -OCH3 is 1. The lowest BCUT2D eigenvalue weighted by molar-refractivity contribution is -0.115. The van der Waals surface area contributed by atoms with Gasteiger partial charge in [-0.3, -0.25) is 4.79 Å². The largest absolute Gasteiger partial charge is 0.508 e. The minimum absolute atomic E-state index is 0.0148. The molecule has 1 amide bonds. The van der Waals surface area contributed by atoms with Crippen LogP contribution in [0.5, 0.6) is 23.0 Å². The number of ether oxygens (including phenoxy) is 3. The predicted molar refractivity (Wildman–Crippen MR) is 79.1 cm³/mol. The molecule has 6 nitrogen and oxygen atoms in total. The van der Waals surface area contributed by atoms with Gasteiger partial charge in [-0.15, -0.1) is 0 Å². The Kier molecular flexibility index (Phi) is 3.57. The number of aromatic hydroxyl groups is 1. The van der Waals surface area contributed by atoms with Crippen LogP contribution in [0.15, 0.2) is 54.5 Å². The summed E-state index contributed by atoms with van der Waals surface area (Å²) in [5, 5.41) is 12.0. The Bertz CT molecular complexity index is 754. The lowest BCUT2D eigenvalue weighted by atomic mass is 10.2. The monoisotopic (exact) mass is 299 g/mol. The third-order valence-electron chi connectivity index (χ3n) is 2.99. The summed E-state index contributed by atoms with van der Waals surface area (Å²) in [4.78, 5) is 12.2. The molecule has 0 spiro atoms. The molecule has 0 fully saturated rings. The molecular weight excluding hydrogens is 286 g/mol. The van der Waals surface area contributed by atoms with Crippen LogP contribution in [0.4, 0.5) is 5.69 Å². The molecule has 2 aromatic carbocycles. The van der Waals surface area contributed by atoms with Crippen LogP contribution in [0, 0.1) is 0 Å². The van der Waals surface area contributed by atoms with Gasteiger partial charge in [-0.05, 0) is 24.3 Å². The van der Waals surface area contributed by atoms with Gasteiger partial charge in [0.05, 0.1) is 7.11 Å². The molecule has 0 aliphatic carbocycles. The summed E-state index contributed by atoms with van der Waals surface area (Å²) in [6.07, 6.45) is 1.19. The van der Waals surface area contributed by atoms with Crippen molar-refractivity contribution in [1.29, 1.82) is 0 Å². The van der Waals surface area contributed by atoms with E-state index in [2.05, 4.69) is 5.32 Å². The highest BCUT2D eigenvalue weighted by molar-refractivity contribution is 6.02. The second-order valence-electron chi connectivity index (χ2n) is 4.52. The lowest BCUT2D eigenvalue weighted by Crippen LogP contribution is -2.21. The second kappa shape index (κ2) is 5.69. The van der Waals surface area contributed by atoms with Gasteiger partial charge in [0.2, 0.25) is 5.76 Å². The van der Waals surface area contributed by atoms with Crippen molar-refractivity contribution in [3.63, 3.8) is 0 Å². The minimum Gasteiger partial charge on any atom is -0.508 e. The molecule has 1 aliphatic heterocycles. The number of phenolic OH excluding ortho intramolecular Hbond substituents is 1. The van der Waals surface area contributed by atoms with Crippen LogP contribution in [0.25, 0.3) is 0 Å². The van der Waals surface area contributed by atoms with Gasteiger partial charge >= 0.3 is 0 Å². The Morgan fingerprint density at radius 2 is 2.05 bits per heavy atom. The van der Waals surface area contributed by atoms with Crippen molar-refractivity contribution >= 4 is 11.6 Å². The van der Waals surface area contributed by atoms with E-state index in [1.54, 1.807) is 31.4 Å². The number of hydrogen-bond donors (Lipinski definition) is 2. The summed E-state index contributed by atoms with van der Waals surface area (Å²) >= 11 is 0. The van der Waals surface area contributed by atoms with Gasteiger partial charge in [0.15, 0.2) is 11.5 Å². The molecule has 6 heteroatoms. The van der Waals surface area contributed by atoms with E-state index in [-0.39, 0.29) is 11.5 Å². The molecule has 1 aliphatic rings. The van der Waals surface area contributed by atoms with Crippen LogP contribution in [-0.2, 0) is 4.79 Å². The standard InChI is InChI=1S/C16H13NO5/c1-20-12-4-2-3-10(7-12)17-16(19)15-9-21-14-8-11(18)5-6-13(14)22-15/h2-9,18H,1H3,(H,17,19). The Morgan fingerprint density at radius 3 is 2.86 bits per heavy atom. The first-order chi connectivity index (χ1) is 10.7. The first-order valence-corrected chi connectivity index (χ1v) is 6.49. The number of carbonyl (C=O) groups is 1. The van der Waals surface area contributed by atoms with Gasteiger partial charge in [0.25, 0.3) is 5.91 Å². The number of nitrogens with one attached hydrogen (secondary N) is 1. The van der Waals surface area contributed by atoms with E-state index >= 15 is 0 Å². The third kappa shape index (κ3) is 2.80. The summed E-state index contributed by atoms with van der Waals surface area (Å²) in [7, 11) is 1.55. The molecule has 112 valence electrons. The fourth-order valence-electron chi connectivity index (χ4n) is 1.93. The van der Waals surface area contributed by atoms with Crippen molar-refractivity contribution in [2.45, 2.75) is 0 Å². The molecule has 1 heterocycles. The Labute approximate surface area is 126 Å². The van der Waals surface area contributed by atoms with E-state index < -0.39 is 5.91 Å². The van der Waals surface area contributed by atoms with E-state index in [4.69, 9.17) is 14.2 Å². The maximum Gasteiger partial charge on any atom is 0.294 e. The van der Waals surface area contributed by atoms with Gasteiger partial charge in [-0.1, -0.05) is 6.07 Å². The van der Waals surface area contributed by atoms with Gasteiger partial charge in [0, 0.05) is 17.8 Å². The van der Waals surface area contributed by atoms with Gasteiger partial charge in [-0.25, -0.2) is 0 Å². The number of amides is 1. The molecule has 3 rings (SSSR count). The van der Waals surface area contributed by atoms with Crippen LogP contribution in [0.2, 0.25) is 0 Å². The quantitative estimate of drug-likeness (QED) is 0.911. The molecule has 0 aromatic heterocycles. The van der Waals surface area contributed by atoms with E-state index in [0.29, 0.717) is 22.9 Å². The Morgan fingerprint density at radius 1 is 1.18 bits per heavy atom. The Hall–Kier alpha value is -3.15. The number of carbonyl (C=O) groups excluding carboxylic acids is 1. The van der Waals surface area contributed by atoms with Crippen molar-refractivity contribution < 1.29 is 24.1 Å². The third-order valence-corrected chi connectivity index (χ3v) is 2.99. The van der Waals surface area contributed by atoms with E-state index in [1.165, 1.54) is 24.5 Å². The maximum absolute atomic E-state index is 12.2. The van der Waals surface area contributed by atoms with Gasteiger partial charge < -0.3 is 24.6 Å². The average molecular weight is 299 g/mol. The maximum atomic E-state index is 12.2. The number of benzene rings is 2. The van der Waals surface area contributed by atoms with Crippen LogP contribution >= 0.6 is 0 Å². The Balaban J connectivity index is 1.74. The number of fused-ring (bicyclic) bond motifs is 1. The van der Waals surface area contributed by atoms with E-state index in [9.17, 15) is 9.90 Å². The SMILES string of the molecule is COc1cccc(NC(=O)C2=COc3cc(O)ccc3O2)c1. The normalized spacial score (nSPS) is 12.3. The first-order valence-electron chi connectivity index (χ1n) is 6.49. The summed E-state index contributed by atoms with van der Waals surface area (Å²) in [5.41, 5.74) is 0.574. The summed E-state index contributed by atoms with van der Waals surface area (Å²) < 4.78 is 15.8. The lowest BCUT2D eigenvalue weighted by Gasteiger charge is -2.17. The average Bonchev–Trinajstić information content (AvgIpc) is 2.54. The molecule has 0 saturated carbocycles. The first kappa shape index (κ1) is 13.8. The molecular formula is C16H13NO5. The fraction of sp³-hybridized carbons (Fsp3) is 0.0625. The summed E-state index contributed by atoms with van der Waals surface area (Å²) in [6.45, 7) is 0. The number of rotatable bonds is 3.